The van der Waals surface area contributed by atoms with E-state index in [9.17, 15) is 4.79 Å². The van der Waals surface area contributed by atoms with Crippen LogP contribution in [-0.2, 0) is 0 Å². The molecule has 0 spiro atoms. The van der Waals surface area contributed by atoms with Gasteiger partial charge in [0.25, 0.3) is 5.91 Å². The van der Waals surface area contributed by atoms with E-state index in [2.05, 4.69) is 17.1 Å². The van der Waals surface area contributed by atoms with Gasteiger partial charge in [0.15, 0.2) is 0 Å². The number of aryl methyl sites for hydroxylation is 1. The fraction of sp³-hybridized carbons (Fsp3) is 0.471. The molecule has 0 unspecified atom stereocenters. The fourth-order valence-electron chi connectivity index (χ4n) is 2.94. The first-order valence-electron chi connectivity index (χ1n) is 8.00. The predicted octanol–water partition coefficient (Wildman–Crippen LogP) is 3.98. The van der Waals surface area contributed by atoms with Gasteiger partial charge in [0.2, 0.25) is 0 Å². The molecule has 23 heavy (non-hydrogen) atoms. The van der Waals surface area contributed by atoms with Gasteiger partial charge in [-0.15, -0.1) is 33.3 Å². The molecule has 122 valence electrons. The van der Waals surface area contributed by atoms with Crippen molar-refractivity contribution >= 4 is 29.0 Å². The molecule has 4 nitrogen and oxygen atoms in total. The lowest BCUT2D eigenvalue weighted by Gasteiger charge is -2.32. The second-order valence-electron chi connectivity index (χ2n) is 5.68. The topological polar surface area (TPSA) is 46.1 Å². The third-order valence-corrected chi connectivity index (χ3v) is 5.97. The van der Waals surface area contributed by atoms with Crippen molar-refractivity contribution in [2.24, 2.45) is 0 Å². The van der Waals surface area contributed by atoms with Crippen LogP contribution in [0.3, 0.4) is 0 Å². The molecule has 2 heterocycles. The highest BCUT2D eigenvalue weighted by Crippen LogP contribution is 2.31. The molecule has 0 N–H and O–H groups in total. The lowest BCUT2D eigenvalue weighted by molar-refractivity contribution is 0.0703. The summed E-state index contributed by atoms with van der Waals surface area (Å²) in [4.78, 5) is 16.0. The maximum Gasteiger partial charge on any atom is 0.255 e. The fourth-order valence-corrected chi connectivity index (χ4v) is 4.56. The van der Waals surface area contributed by atoms with Crippen molar-refractivity contribution in [1.29, 1.82) is 0 Å². The smallest absolute Gasteiger partial charge is 0.255 e. The van der Waals surface area contributed by atoms with Gasteiger partial charge in [0.05, 0.1) is 5.56 Å². The number of aromatic nitrogens is 2. The molecule has 2 aromatic rings. The van der Waals surface area contributed by atoms with Crippen molar-refractivity contribution in [2.75, 3.05) is 18.8 Å². The van der Waals surface area contributed by atoms with E-state index in [1.807, 2.05) is 36.1 Å². The first-order chi connectivity index (χ1) is 11.2. The molecule has 1 atom stereocenters. The maximum absolute atomic E-state index is 13.0. The van der Waals surface area contributed by atoms with Gasteiger partial charge >= 0.3 is 0 Å². The highest BCUT2D eigenvalue weighted by molar-refractivity contribution is 7.99. The van der Waals surface area contributed by atoms with Gasteiger partial charge < -0.3 is 4.90 Å². The summed E-state index contributed by atoms with van der Waals surface area (Å²) in [6, 6.07) is 7.93. The molecule has 6 heteroatoms. The molecule has 1 amide bonds. The quantitative estimate of drug-likeness (QED) is 0.785. The van der Waals surface area contributed by atoms with E-state index in [-0.39, 0.29) is 5.91 Å². The van der Waals surface area contributed by atoms with Crippen LogP contribution in [0.5, 0.6) is 0 Å². The molecular formula is C17H21N3OS2. The van der Waals surface area contributed by atoms with Gasteiger partial charge in [-0.25, -0.2) is 0 Å². The summed E-state index contributed by atoms with van der Waals surface area (Å²) in [5, 5.41) is 10.5. The van der Waals surface area contributed by atoms with Crippen LogP contribution in [-0.4, -0.2) is 39.8 Å². The molecule has 1 fully saturated rings. The van der Waals surface area contributed by atoms with Crippen molar-refractivity contribution in [2.45, 2.75) is 37.5 Å². The van der Waals surface area contributed by atoms with E-state index in [0.29, 0.717) is 5.92 Å². The number of carbonyl (C=O) groups excluding carboxylic acids is 1. The average Bonchev–Trinajstić information content (AvgIpc) is 3.02. The third-order valence-electron chi connectivity index (χ3n) is 4.02. The SMILES string of the molecule is CCSc1ccccc1C(=O)N1CCC[C@@H](c2nnc(C)s2)C1. The lowest BCUT2D eigenvalue weighted by Crippen LogP contribution is -2.39. The number of amides is 1. The minimum absolute atomic E-state index is 0.146. The van der Waals surface area contributed by atoms with Gasteiger partial charge in [-0.1, -0.05) is 19.1 Å². The van der Waals surface area contributed by atoms with E-state index in [1.54, 1.807) is 23.1 Å². The number of hydrogen-bond acceptors (Lipinski definition) is 5. The van der Waals surface area contributed by atoms with Crippen LogP contribution < -0.4 is 0 Å². The Morgan fingerprint density at radius 1 is 1.39 bits per heavy atom. The molecule has 0 radical (unpaired) electrons. The summed E-state index contributed by atoms with van der Waals surface area (Å²) in [6.45, 7) is 5.67. The van der Waals surface area contributed by atoms with E-state index >= 15 is 0 Å². The van der Waals surface area contributed by atoms with E-state index in [4.69, 9.17) is 0 Å². The zero-order chi connectivity index (χ0) is 16.2. The van der Waals surface area contributed by atoms with Crippen molar-refractivity contribution in [3.63, 3.8) is 0 Å². The van der Waals surface area contributed by atoms with Crippen LogP contribution in [0.15, 0.2) is 29.2 Å². The highest BCUT2D eigenvalue weighted by Gasteiger charge is 2.28. The van der Waals surface area contributed by atoms with Crippen LogP contribution in [0, 0.1) is 6.92 Å². The molecule has 1 aromatic carbocycles. The van der Waals surface area contributed by atoms with E-state index in [1.165, 1.54) is 0 Å². The normalized spacial score (nSPS) is 18.2. The van der Waals surface area contributed by atoms with Gasteiger partial charge in [-0.05, 0) is 37.7 Å². The number of nitrogens with zero attached hydrogens (tertiary/aromatic N) is 3. The highest BCUT2D eigenvalue weighted by atomic mass is 32.2. The predicted molar refractivity (Wildman–Crippen MR) is 95.4 cm³/mol. The van der Waals surface area contributed by atoms with E-state index in [0.717, 1.165) is 52.2 Å². The molecule has 0 saturated carbocycles. The molecule has 1 aromatic heterocycles. The molecule has 1 aliphatic rings. The summed E-state index contributed by atoms with van der Waals surface area (Å²) < 4.78 is 0. The van der Waals surface area contributed by atoms with Crippen molar-refractivity contribution in [3.8, 4) is 0 Å². The van der Waals surface area contributed by atoms with Gasteiger partial charge in [-0.3, -0.25) is 4.79 Å². The minimum Gasteiger partial charge on any atom is -0.338 e. The zero-order valence-electron chi connectivity index (χ0n) is 13.5. The first-order valence-corrected chi connectivity index (χ1v) is 9.80. The number of carbonyl (C=O) groups is 1. The van der Waals surface area contributed by atoms with Crippen LogP contribution >= 0.6 is 23.1 Å². The van der Waals surface area contributed by atoms with Crippen LogP contribution in [0.2, 0.25) is 0 Å². The standard InChI is InChI=1S/C17H21N3OS2/c1-3-22-15-9-5-4-8-14(15)17(21)20-10-6-7-13(11-20)16-19-18-12(2)23-16/h4-5,8-9,13H,3,6-7,10-11H2,1-2H3/t13-/m1/s1. The number of hydrogen-bond donors (Lipinski definition) is 0. The maximum atomic E-state index is 13.0. The van der Waals surface area contributed by atoms with Crippen molar-refractivity contribution in [1.82, 2.24) is 15.1 Å². The van der Waals surface area contributed by atoms with Gasteiger partial charge in [0, 0.05) is 23.9 Å². The Labute approximate surface area is 145 Å². The van der Waals surface area contributed by atoms with Crippen molar-refractivity contribution in [3.05, 3.63) is 39.8 Å². The Morgan fingerprint density at radius 3 is 2.96 bits per heavy atom. The second-order valence-corrected chi connectivity index (χ2v) is 8.20. The minimum atomic E-state index is 0.146. The molecule has 1 saturated heterocycles. The monoisotopic (exact) mass is 347 g/mol. The Bertz CT molecular complexity index is 686. The largest absolute Gasteiger partial charge is 0.338 e. The summed E-state index contributed by atoms with van der Waals surface area (Å²) >= 11 is 3.38. The Balaban J connectivity index is 1.77. The Kier molecular flexibility index (Phi) is 5.33. The summed E-state index contributed by atoms with van der Waals surface area (Å²) in [7, 11) is 0. The third kappa shape index (κ3) is 3.75. The number of piperidine rings is 1. The summed E-state index contributed by atoms with van der Waals surface area (Å²) in [6.07, 6.45) is 2.11. The molecular weight excluding hydrogens is 326 g/mol. The Hall–Kier alpha value is -1.40. The second kappa shape index (κ2) is 7.45. The molecule has 1 aliphatic heterocycles. The molecule has 0 bridgehead atoms. The molecule has 3 rings (SSSR count). The number of thioether (sulfide) groups is 1. The van der Waals surface area contributed by atoms with Crippen LogP contribution in [0.1, 0.15) is 46.1 Å². The molecule has 0 aliphatic carbocycles. The van der Waals surface area contributed by atoms with Gasteiger partial charge in [0.1, 0.15) is 10.0 Å². The van der Waals surface area contributed by atoms with Crippen LogP contribution in [0.25, 0.3) is 0 Å². The van der Waals surface area contributed by atoms with Gasteiger partial charge in [-0.2, -0.15) is 0 Å². The van der Waals surface area contributed by atoms with Crippen LogP contribution in [0.4, 0.5) is 0 Å². The zero-order valence-corrected chi connectivity index (χ0v) is 15.1. The number of likely N-dealkylation sites (tertiary alicyclic amines) is 1. The lowest BCUT2D eigenvalue weighted by atomic mass is 9.98. The number of benzene rings is 1. The van der Waals surface area contributed by atoms with E-state index < -0.39 is 0 Å². The average molecular weight is 348 g/mol. The number of rotatable bonds is 4. The first kappa shape index (κ1) is 16.5. The Morgan fingerprint density at radius 2 is 2.22 bits per heavy atom. The van der Waals surface area contributed by atoms with Crippen molar-refractivity contribution < 1.29 is 4.79 Å². The summed E-state index contributed by atoms with van der Waals surface area (Å²) in [5.74, 6) is 1.44. The summed E-state index contributed by atoms with van der Waals surface area (Å²) in [5.41, 5.74) is 0.827.